The van der Waals surface area contributed by atoms with Crippen LogP contribution in [-0.4, -0.2) is 55.1 Å². The predicted molar refractivity (Wildman–Crippen MR) is 76.0 cm³/mol. The first-order chi connectivity index (χ1) is 9.79. The zero-order valence-electron chi connectivity index (χ0n) is 12.1. The molecule has 1 aliphatic heterocycles. The molecule has 0 aromatic heterocycles. The van der Waals surface area contributed by atoms with Crippen molar-refractivity contribution in [3.63, 3.8) is 0 Å². The van der Waals surface area contributed by atoms with Crippen molar-refractivity contribution in [2.75, 3.05) is 19.3 Å². The van der Waals surface area contributed by atoms with Gasteiger partial charge in [0, 0.05) is 19.1 Å². The topological polar surface area (TPSA) is 104 Å². The molecule has 0 aromatic rings. The zero-order valence-corrected chi connectivity index (χ0v) is 12.9. The number of piperidine rings is 1. The molecule has 2 aliphatic rings. The van der Waals surface area contributed by atoms with E-state index in [0.29, 0.717) is 32.2 Å². The maximum atomic E-state index is 12.3. The van der Waals surface area contributed by atoms with E-state index in [1.807, 2.05) is 0 Å². The van der Waals surface area contributed by atoms with Crippen LogP contribution in [0.25, 0.3) is 0 Å². The van der Waals surface area contributed by atoms with E-state index < -0.39 is 21.9 Å². The van der Waals surface area contributed by atoms with Gasteiger partial charge in [-0.05, 0) is 25.7 Å². The Balaban J connectivity index is 1.95. The summed E-state index contributed by atoms with van der Waals surface area (Å²) in [5.74, 6) is -2.01. The van der Waals surface area contributed by atoms with E-state index in [1.54, 1.807) is 0 Å². The van der Waals surface area contributed by atoms with E-state index in [0.717, 1.165) is 12.7 Å². The molecule has 8 heteroatoms. The molecule has 1 heterocycles. The molecule has 1 saturated heterocycles. The Kier molecular flexibility index (Phi) is 4.88. The molecule has 1 aliphatic carbocycles. The van der Waals surface area contributed by atoms with Gasteiger partial charge in [0.1, 0.15) is 0 Å². The number of amides is 1. The Hall–Kier alpha value is -1.15. The predicted octanol–water partition coefficient (Wildman–Crippen LogP) is 0.0275. The number of hydrogen-bond acceptors (Lipinski definition) is 4. The van der Waals surface area contributed by atoms with Crippen molar-refractivity contribution in [1.82, 2.24) is 9.62 Å². The second-order valence-corrected chi connectivity index (χ2v) is 7.93. The van der Waals surface area contributed by atoms with Gasteiger partial charge in [-0.25, -0.2) is 12.7 Å². The second kappa shape index (κ2) is 6.31. The van der Waals surface area contributed by atoms with Crippen LogP contribution in [0, 0.1) is 11.8 Å². The third-order valence-electron chi connectivity index (χ3n) is 4.38. The van der Waals surface area contributed by atoms with E-state index in [1.165, 1.54) is 4.31 Å². The molecule has 21 heavy (non-hydrogen) atoms. The monoisotopic (exact) mass is 318 g/mol. The lowest BCUT2D eigenvalue weighted by Crippen LogP contribution is -2.48. The SMILES string of the molecule is CS(=O)(=O)N1CCCC(C(=O)NC2CCCC2C(=O)O)C1. The Labute approximate surface area is 124 Å². The van der Waals surface area contributed by atoms with Gasteiger partial charge in [-0.1, -0.05) is 6.42 Å². The number of hydrogen-bond donors (Lipinski definition) is 2. The molecule has 1 saturated carbocycles. The number of carbonyl (C=O) groups is 2. The van der Waals surface area contributed by atoms with E-state index in [4.69, 9.17) is 5.11 Å². The van der Waals surface area contributed by atoms with E-state index >= 15 is 0 Å². The first-order valence-corrected chi connectivity index (χ1v) is 9.12. The number of rotatable bonds is 4. The molecule has 7 nitrogen and oxygen atoms in total. The molecular weight excluding hydrogens is 296 g/mol. The lowest BCUT2D eigenvalue weighted by Gasteiger charge is -2.31. The molecule has 0 bridgehead atoms. The average Bonchev–Trinajstić information content (AvgIpc) is 2.86. The van der Waals surface area contributed by atoms with E-state index in [2.05, 4.69) is 5.32 Å². The van der Waals surface area contributed by atoms with Crippen LogP contribution in [-0.2, 0) is 19.6 Å². The standard InChI is InChI=1S/C13H22N2O5S/c1-21(19,20)15-7-3-4-9(8-15)12(16)14-11-6-2-5-10(11)13(17)18/h9-11H,2-8H2,1H3,(H,14,16)(H,17,18). The van der Waals surface area contributed by atoms with Crippen molar-refractivity contribution < 1.29 is 23.1 Å². The van der Waals surface area contributed by atoms with Crippen LogP contribution < -0.4 is 5.32 Å². The minimum atomic E-state index is -3.28. The van der Waals surface area contributed by atoms with Gasteiger partial charge in [-0.15, -0.1) is 0 Å². The Morgan fingerprint density at radius 1 is 1.19 bits per heavy atom. The third-order valence-corrected chi connectivity index (χ3v) is 5.65. The number of carboxylic acid groups (broad SMARTS) is 1. The number of nitrogens with zero attached hydrogens (tertiary/aromatic N) is 1. The van der Waals surface area contributed by atoms with Crippen LogP contribution in [0.4, 0.5) is 0 Å². The summed E-state index contributed by atoms with van der Waals surface area (Å²) >= 11 is 0. The second-order valence-electron chi connectivity index (χ2n) is 5.95. The van der Waals surface area contributed by atoms with Crippen molar-refractivity contribution >= 4 is 21.9 Å². The van der Waals surface area contributed by atoms with Crippen molar-refractivity contribution in [3.8, 4) is 0 Å². The van der Waals surface area contributed by atoms with Gasteiger partial charge in [0.05, 0.1) is 18.1 Å². The van der Waals surface area contributed by atoms with Crippen molar-refractivity contribution in [2.45, 2.75) is 38.1 Å². The molecule has 3 atom stereocenters. The average molecular weight is 318 g/mol. The summed E-state index contributed by atoms with van der Waals surface area (Å²) < 4.78 is 24.4. The van der Waals surface area contributed by atoms with Crippen LogP contribution in [0.15, 0.2) is 0 Å². The summed E-state index contributed by atoms with van der Waals surface area (Å²) in [6.45, 7) is 0.638. The zero-order chi connectivity index (χ0) is 15.6. The van der Waals surface area contributed by atoms with Gasteiger partial charge in [0.25, 0.3) is 0 Å². The summed E-state index contributed by atoms with van der Waals surface area (Å²) in [7, 11) is -3.28. The summed E-state index contributed by atoms with van der Waals surface area (Å²) in [6.07, 6.45) is 4.49. The van der Waals surface area contributed by atoms with Gasteiger partial charge in [0.2, 0.25) is 15.9 Å². The molecule has 2 N–H and O–H groups in total. The first-order valence-electron chi connectivity index (χ1n) is 7.27. The van der Waals surface area contributed by atoms with Crippen molar-refractivity contribution in [1.29, 1.82) is 0 Å². The molecule has 2 fully saturated rings. The highest BCUT2D eigenvalue weighted by molar-refractivity contribution is 7.88. The largest absolute Gasteiger partial charge is 0.481 e. The molecular formula is C13H22N2O5S. The van der Waals surface area contributed by atoms with Gasteiger partial charge >= 0.3 is 5.97 Å². The molecule has 120 valence electrons. The Bertz CT molecular complexity index is 519. The Morgan fingerprint density at radius 2 is 1.90 bits per heavy atom. The van der Waals surface area contributed by atoms with Crippen molar-refractivity contribution in [3.05, 3.63) is 0 Å². The molecule has 3 unspecified atom stereocenters. The summed E-state index contributed by atoms with van der Waals surface area (Å²) in [5, 5.41) is 11.9. The Morgan fingerprint density at radius 3 is 2.52 bits per heavy atom. The van der Waals surface area contributed by atoms with Crippen molar-refractivity contribution in [2.24, 2.45) is 11.8 Å². The van der Waals surface area contributed by atoms with E-state index in [9.17, 15) is 18.0 Å². The van der Waals surface area contributed by atoms with E-state index in [-0.39, 0.29) is 24.4 Å². The van der Waals surface area contributed by atoms with Crippen LogP contribution in [0.1, 0.15) is 32.1 Å². The maximum Gasteiger partial charge on any atom is 0.308 e. The fourth-order valence-corrected chi connectivity index (χ4v) is 4.10. The lowest BCUT2D eigenvalue weighted by atomic mass is 9.97. The number of sulfonamides is 1. The van der Waals surface area contributed by atoms with Gasteiger partial charge in [-0.2, -0.15) is 0 Å². The third kappa shape index (κ3) is 3.94. The van der Waals surface area contributed by atoms with Crippen LogP contribution in [0.3, 0.4) is 0 Å². The highest BCUT2D eigenvalue weighted by Crippen LogP contribution is 2.27. The molecule has 2 rings (SSSR count). The number of aliphatic carboxylic acids is 1. The highest BCUT2D eigenvalue weighted by atomic mass is 32.2. The van der Waals surface area contributed by atoms with Crippen LogP contribution in [0.5, 0.6) is 0 Å². The number of carbonyl (C=O) groups excluding carboxylic acids is 1. The summed E-state index contributed by atoms with van der Waals surface area (Å²) in [5.41, 5.74) is 0. The first kappa shape index (κ1) is 16.2. The van der Waals surface area contributed by atoms with Gasteiger partial charge in [-0.3, -0.25) is 9.59 Å². The minimum absolute atomic E-state index is 0.190. The number of carboxylic acids is 1. The maximum absolute atomic E-state index is 12.3. The van der Waals surface area contributed by atoms with Gasteiger partial charge in [0.15, 0.2) is 0 Å². The fraction of sp³-hybridized carbons (Fsp3) is 0.846. The molecule has 1 amide bonds. The molecule has 0 spiro atoms. The lowest BCUT2D eigenvalue weighted by molar-refractivity contribution is -0.142. The molecule has 0 aromatic carbocycles. The normalized spacial score (nSPS) is 31.0. The minimum Gasteiger partial charge on any atom is -0.481 e. The fourth-order valence-electron chi connectivity index (χ4n) is 3.19. The molecule has 0 radical (unpaired) electrons. The summed E-state index contributed by atoms with van der Waals surface area (Å²) in [4.78, 5) is 23.4. The highest BCUT2D eigenvalue weighted by Gasteiger charge is 2.36. The summed E-state index contributed by atoms with van der Waals surface area (Å²) in [6, 6.07) is -0.330. The quantitative estimate of drug-likeness (QED) is 0.761. The van der Waals surface area contributed by atoms with Gasteiger partial charge < -0.3 is 10.4 Å². The van der Waals surface area contributed by atoms with Crippen LogP contribution in [0.2, 0.25) is 0 Å². The number of nitrogens with one attached hydrogen (secondary N) is 1. The smallest absolute Gasteiger partial charge is 0.308 e. The van der Waals surface area contributed by atoms with Crippen LogP contribution >= 0.6 is 0 Å².